The summed E-state index contributed by atoms with van der Waals surface area (Å²) in [5.41, 5.74) is 0.417. The van der Waals surface area contributed by atoms with Crippen molar-refractivity contribution < 1.29 is 14.8 Å². The van der Waals surface area contributed by atoms with Gasteiger partial charge in [0.05, 0.1) is 10.6 Å². The van der Waals surface area contributed by atoms with Crippen LogP contribution >= 0.6 is 11.3 Å². The number of aromatic carboxylic acids is 1. The number of anilines is 2. The number of carboxylic acids is 1. The van der Waals surface area contributed by atoms with Crippen LogP contribution in [-0.2, 0) is 12.8 Å². The third-order valence-corrected chi connectivity index (χ3v) is 4.21. The van der Waals surface area contributed by atoms with E-state index in [1.54, 1.807) is 0 Å². The Bertz CT molecular complexity index is 721. The first-order valence-corrected chi connectivity index (χ1v) is 6.99. The molecule has 0 unspecified atom stereocenters. The normalized spacial score (nSPS) is 13.0. The van der Waals surface area contributed by atoms with Crippen molar-refractivity contribution in [1.82, 2.24) is 9.97 Å². The molecule has 0 amide bonds. The van der Waals surface area contributed by atoms with Crippen LogP contribution in [-0.4, -0.2) is 26.0 Å². The average molecular weight is 306 g/mol. The van der Waals surface area contributed by atoms with Crippen LogP contribution in [0.15, 0.2) is 12.3 Å². The van der Waals surface area contributed by atoms with Crippen molar-refractivity contribution in [3.8, 4) is 0 Å². The Balaban J connectivity index is 1.93. The zero-order valence-electron chi connectivity index (χ0n) is 10.7. The molecular weight excluding hydrogens is 296 g/mol. The number of aryl methyl sites for hydroxylation is 2. The van der Waals surface area contributed by atoms with Crippen LogP contribution in [0.1, 0.15) is 27.3 Å². The molecular formula is C12H10N4O4S. The summed E-state index contributed by atoms with van der Waals surface area (Å²) >= 11 is 1.46. The van der Waals surface area contributed by atoms with Gasteiger partial charge in [0.1, 0.15) is 17.6 Å². The number of thiazole rings is 1. The SMILES string of the molecule is O=C(O)c1cc([N+](=O)[O-])cnc1Nc1nc2c(s1)CCC2. The largest absolute Gasteiger partial charge is 0.478 e. The van der Waals surface area contributed by atoms with Gasteiger partial charge in [0.25, 0.3) is 5.69 Å². The van der Waals surface area contributed by atoms with Gasteiger partial charge in [-0.25, -0.2) is 14.8 Å². The molecule has 0 aliphatic heterocycles. The Hall–Kier alpha value is -2.55. The highest BCUT2D eigenvalue weighted by Gasteiger charge is 2.21. The minimum atomic E-state index is -1.28. The molecule has 2 heterocycles. The van der Waals surface area contributed by atoms with Gasteiger partial charge in [0.15, 0.2) is 5.13 Å². The predicted molar refractivity (Wildman–Crippen MR) is 75.3 cm³/mol. The molecule has 8 nitrogen and oxygen atoms in total. The fourth-order valence-corrected chi connectivity index (χ4v) is 3.21. The second-order valence-electron chi connectivity index (χ2n) is 4.52. The highest BCUT2D eigenvalue weighted by molar-refractivity contribution is 7.15. The van der Waals surface area contributed by atoms with Crippen LogP contribution in [0.25, 0.3) is 0 Å². The Morgan fingerprint density at radius 1 is 1.48 bits per heavy atom. The van der Waals surface area contributed by atoms with Crippen molar-refractivity contribution >= 4 is 33.9 Å². The third-order valence-electron chi connectivity index (χ3n) is 3.14. The second-order valence-corrected chi connectivity index (χ2v) is 5.60. The molecule has 108 valence electrons. The van der Waals surface area contributed by atoms with E-state index in [0.717, 1.165) is 37.2 Å². The zero-order chi connectivity index (χ0) is 15.0. The second kappa shape index (κ2) is 5.09. The first-order valence-electron chi connectivity index (χ1n) is 6.18. The lowest BCUT2D eigenvalue weighted by molar-refractivity contribution is -0.385. The molecule has 1 aliphatic rings. The predicted octanol–water partition coefficient (Wildman–Crippen LogP) is 2.38. The monoisotopic (exact) mass is 306 g/mol. The molecule has 0 radical (unpaired) electrons. The zero-order valence-corrected chi connectivity index (χ0v) is 11.5. The molecule has 21 heavy (non-hydrogen) atoms. The molecule has 0 bridgehead atoms. The molecule has 3 rings (SSSR count). The van der Waals surface area contributed by atoms with Crippen molar-refractivity contribution in [2.24, 2.45) is 0 Å². The molecule has 0 spiro atoms. The van der Waals surface area contributed by atoms with Crippen LogP contribution in [0.2, 0.25) is 0 Å². The maximum atomic E-state index is 11.2. The summed E-state index contributed by atoms with van der Waals surface area (Å²) < 4.78 is 0. The highest BCUT2D eigenvalue weighted by atomic mass is 32.1. The number of nitrogens with zero attached hydrogens (tertiary/aromatic N) is 3. The summed E-state index contributed by atoms with van der Waals surface area (Å²) in [6.45, 7) is 0. The van der Waals surface area contributed by atoms with E-state index in [4.69, 9.17) is 5.11 Å². The maximum absolute atomic E-state index is 11.2. The van der Waals surface area contributed by atoms with Crippen molar-refractivity contribution in [3.05, 3.63) is 38.5 Å². The number of carbonyl (C=O) groups is 1. The Morgan fingerprint density at radius 3 is 2.95 bits per heavy atom. The number of fused-ring (bicyclic) bond motifs is 1. The molecule has 9 heteroatoms. The van der Waals surface area contributed by atoms with E-state index in [0.29, 0.717) is 5.13 Å². The minimum absolute atomic E-state index is 0.0560. The van der Waals surface area contributed by atoms with Crippen molar-refractivity contribution in [3.63, 3.8) is 0 Å². The van der Waals surface area contributed by atoms with E-state index in [-0.39, 0.29) is 17.1 Å². The van der Waals surface area contributed by atoms with Crippen molar-refractivity contribution in [2.45, 2.75) is 19.3 Å². The summed E-state index contributed by atoms with van der Waals surface area (Å²) in [6.07, 6.45) is 4.02. The quantitative estimate of drug-likeness (QED) is 0.657. The van der Waals surface area contributed by atoms with Gasteiger partial charge in [-0.2, -0.15) is 0 Å². The van der Waals surface area contributed by atoms with Gasteiger partial charge in [0.2, 0.25) is 0 Å². The van der Waals surface area contributed by atoms with E-state index in [1.807, 2.05) is 0 Å². The van der Waals surface area contributed by atoms with Gasteiger partial charge in [0, 0.05) is 10.9 Å². The van der Waals surface area contributed by atoms with Gasteiger partial charge in [-0.1, -0.05) is 0 Å². The number of hydrogen-bond acceptors (Lipinski definition) is 7. The summed E-state index contributed by atoms with van der Waals surface area (Å²) in [5.74, 6) is -1.22. The number of carboxylic acid groups (broad SMARTS) is 1. The van der Waals surface area contributed by atoms with Crippen LogP contribution < -0.4 is 5.32 Å². The lowest BCUT2D eigenvalue weighted by Gasteiger charge is -2.05. The first-order chi connectivity index (χ1) is 10.0. The number of nitro groups is 1. The molecule has 2 aromatic heterocycles. The van der Waals surface area contributed by atoms with Gasteiger partial charge in [-0.05, 0) is 19.3 Å². The summed E-state index contributed by atoms with van der Waals surface area (Å²) in [6, 6.07) is 0.985. The molecule has 2 aromatic rings. The van der Waals surface area contributed by atoms with Crippen molar-refractivity contribution in [2.75, 3.05) is 5.32 Å². The number of pyridine rings is 1. The first kappa shape index (κ1) is 13.4. The number of hydrogen-bond donors (Lipinski definition) is 2. The molecule has 0 saturated heterocycles. The Kier molecular flexibility index (Phi) is 3.26. The average Bonchev–Trinajstić information content (AvgIpc) is 2.99. The van der Waals surface area contributed by atoms with Crippen LogP contribution in [0.3, 0.4) is 0 Å². The Morgan fingerprint density at radius 2 is 2.29 bits per heavy atom. The van der Waals surface area contributed by atoms with Gasteiger partial charge in [-0.15, -0.1) is 11.3 Å². The lowest BCUT2D eigenvalue weighted by Crippen LogP contribution is -2.06. The van der Waals surface area contributed by atoms with Crippen molar-refractivity contribution in [1.29, 1.82) is 0 Å². The summed E-state index contributed by atoms with van der Waals surface area (Å²) in [5, 5.41) is 23.2. The van der Waals surface area contributed by atoms with E-state index in [9.17, 15) is 14.9 Å². The fourth-order valence-electron chi connectivity index (χ4n) is 2.16. The van der Waals surface area contributed by atoms with E-state index < -0.39 is 10.9 Å². The number of aromatic nitrogens is 2. The number of rotatable bonds is 4. The van der Waals surface area contributed by atoms with E-state index >= 15 is 0 Å². The lowest BCUT2D eigenvalue weighted by atomic mass is 10.2. The fraction of sp³-hybridized carbons (Fsp3) is 0.250. The van der Waals surface area contributed by atoms with E-state index in [2.05, 4.69) is 15.3 Å². The number of nitrogens with one attached hydrogen (secondary N) is 1. The topological polar surface area (TPSA) is 118 Å². The molecule has 1 aliphatic carbocycles. The van der Waals surface area contributed by atoms with Crippen LogP contribution in [0.5, 0.6) is 0 Å². The van der Waals surface area contributed by atoms with E-state index in [1.165, 1.54) is 16.2 Å². The standard InChI is InChI=1S/C12H10N4O4S/c17-11(18)7-4-6(16(19)20)5-13-10(7)15-12-14-8-2-1-3-9(8)21-12/h4-5H,1-3H2,(H,17,18)(H,13,14,15). The maximum Gasteiger partial charge on any atom is 0.339 e. The van der Waals surface area contributed by atoms with Gasteiger partial charge < -0.3 is 10.4 Å². The summed E-state index contributed by atoms with van der Waals surface area (Å²) in [4.78, 5) is 30.6. The van der Waals surface area contributed by atoms with Crippen LogP contribution in [0.4, 0.5) is 16.6 Å². The van der Waals surface area contributed by atoms with Crippen LogP contribution in [0, 0.1) is 10.1 Å². The van der Waals surface area contributed by atoms with Gasteiger partial charge >= 0.3 is 5.97 Å². The molecule has 0 fully saturated rings. The minimum Gasteiger partial charge on any atom is -0.478 e. The Labute approximate surface area is 122 Å². The van der Waals surface area contributed by atoms with Gasteiger partial charge in [-0.3, -0.25) is 10.1 Å². The smallest absolute Gasteiger partial charge is 0.339 e. The molecule has 0 atom stereocenters. The third kappa shape index (κ3) is 2.55. The molecule has 0 aromatic carbocycles. The summed E-state index contributed by atoms with van der Waals surface area (Å²) in [7, 11) is 0. The highest BCUT2D eigenvalue weighted by Crippen LogP contribution is 2.32. The molecule has 0 saturated carbocycles. The molecule has 2 N–H and O–H groups in total.